The van der Waals surface area contributed by atoms with Crippen LogP contribution in [0, 0.1) is 0 Å². The van der Waals surface area contributed by atoms with Gasteiger partial charge < -0.3 is 9.47 Å². The van der Waals surface area contributed by atoms with Gasteiger partial charge in [-0.05, 0) is 41.5 Å². The van der Waals surface area contributed by atoms with Gasteiger partial charge in [-0.15, -0.1) is 0 Å². The maximum absolute atomic E-state index is 12.5. The highest BCUT2D eigenvalue weighted by molar-refractivity contribution is 5.79. The summed E-state index contributed by atoms with van der Waals surface area (Å²) in [4.78, 5) is 44.9. The fraction of sp³-hybridized carbons (Fsp3) is 0.824. The molecule has 0 atom stereocenters. The SMILES string of the molecule is CON(C)C(=O)CC1N(C(=O)OC(C)(C)C)CCN1C(=O)OC(C)(C)C. The predicted octanol–water partition coefficient (Wildman–Crippen LogP) is 2.21. The van der Waals surface area contributed by atoms with Gasteiger partial charge in [-0.2, -0.15) is 0 Å². The van der Waals surface area contributed by atoms with Crippen molar-refractivity contribution in [2.45, 2.75) is 65.3 Å². The van der Waals surface area contributed by atoms with E-state index >= 15 is 0 Å². The van der Waals surface area contributed by atoms with Crippen LogP contribution >= 0.6 is 0 Å². The van der Waals surface area contributed by atoms with E-state index in [0.717, 1.165) is 5.06 Å². The number of amides is 3. The lowest BCUT2D eigenvalue weighted by molar-refractivity contribution is -0.170. The van der Waals surface area contributed by atoms with Crippen LogP contribution in [0.25, 0.3) is 0 Å². The normalized spacial score (nSPS) is 15.8. The van der Waals surface area contributed by atoms with Crippen LogP contribution in [-0.2, 0) is 19.1 Å². The van der Waals surface area contributed by atoms with Gasteiger partial charge in [0, 0.05) is 20.1 Å². The zero-order valence-electron chi connectivity index (χ0n) is 17.0. The molecule has 9 heteroatoms. The summed E-state index contributed by atoms with van der Waals surface area (Å²) >= 11 is 0. The van der Waals surface area contributed by atoms with E-state index in [1.54, 1.807) is 41.5 Å². The Morgan fingerprint density at radius 3 is 1.62 bits per heavy atom. The Morgan fingerprint density at radius 2 is 1.31 bits per heavy atom. The molecule has 0 spiro atoms. The number of carbonyl (C=O) groups excluding carboxylic acids is 3. The summed E-state index contributed by atoms with van der Waals surface area (Å²) in [7, 11) is 2.83. The van der Waals surface area contributed by atoms with E-state index in [1.165, 1.54) is 24.0 Å². The molecule has 0 bridgehead atoms. The fourth-order valence-electron chi connectivity index (χ4n) is 2.36. The van der Waals surface area contributed by atoms with Crippen LogP contribution in [-0.4, -0.2) is 77.6 Å². The number of hydrogen-bond donors (Lipinski definition) is 0. The number of carbonyl (C=O) groups is 3. The Morgan fingerprint density at radius 1 is 0.923 bits per heavy atom. The third-order valence-electron chi connectivity index (χ3n) is 3.54. The van der Waals surface area contributed by atoms with E-state index in [-0.39, 0.29) is 25.4 Å². The third kappa shape index (κ3) is 6.36. The van der Waals surface area contributed by atoms with Gasteiger partial charge in [0.1, 0.15) is 17.4 Å². The standard InChI is InChI=1S/C17H31N3O6/c1-16(2,3)25-14(22)19-9-10-20(15(23)26-17(4,5)6)12(19)11-13(21)18(7)24-8/h12H,9-11H2,1-8H3. The molecule has 3 amide bonds. The Hall–Kier alpha value is -2.03. The summed E-state index contributed by atoms with van der Waals surface area (Å²) in [6.45, 7) is 11.0. The largest absolute Gasteiger partial charge is 0.444 e. The summed E-state index contributed by atoms with van der Waals surface area (Å²) in [5.41, 5.74) is -1.37. The first-order valence-electron chi connectivity index (χ1n) is 8.55. The quantitative estimate of drug-likeness (QED) is 0.705. The minimum atomic E-state index is -0.801. The van der Waals surface area contributed by atoms with E-state index in [1.807, 2.05) is 0 Å². The van der Waals surface area contributed by atoms with Crippen molar-refractivity contribution in [3.63, 3.8) is 0 Å². The molecule has 1 aliphatic rings. The summed E-state index contributed by atoms with van der Waals surface area (Å²) in [5, 5.41) is 1.05. The molecular formula is C17H31N3O6. The molecule has 1 heterocycles. The minimum Gasteiger partial charge on any atom is -0.444 e. The fourth-order valence-corrected chi connectivity index (χ4v) is 2.36. The Balaban J connectivity index is 3.01. The van der Waals surface area contributed by atoms with Gasteiger partial charge in [0.25, 0.3) is 0 Å². The van der Waals surface area contributed by atoms with Crippen molar-refractivity contribution in [1.29, 1.82) is 0 Å². The van der Waals surface area contributed by atoms with E-state index in [2.05, 4.69) is 0 Å². The molecule has 1 fully saturated rings. The molecule has 0 radical (unpaired) electrons. The van der Waals surface area contributed by atoms with Crippen molar-refractivity contribution in [2.24, 2.45) is 0 Å². The maximum atomic E-state index is 12.5. The van der Waals surface area contributed by atoms with Crippen LogP contribution in [0.2, 0.25) is 0 Å². The second kappa shape index (κ2) is 8.11. The molecule has 26 heavy (non-hydrogen) atoms. The molecule has 1 aliphatic heterocycles. The lowest BCUT2D eigenvalue weighted by atomic mass is 10.2. The number of rotatable bonds is 3. The Labute approximate surface area is 155 Å². The average Bonchev–Trinajstić information content (AvgIpc) is 2.86. The smallest absolute Gasteiger partial charge is 0.412 e. The summed E-state index contributed by atoms with van der Waals surface area (Å²) in [6.07, 6.45) is -2.09. The molecule has 0 aromatic heterocycles. The van der Waals surface area contributed by atoms with Gasteiger partial charge in [-0.25, -0.2) is 14.7 Å². The van der Waals surface area contributed by atoms with Crippen LogP contribution in [0.15, 0.2) is 0 Å². The number of nitrogens with zero attached hydrogens (tertiary/aromatic N) is 3. The molecule has 9 nitrogen and oxygen atoms in total. The van der Waals surface area contributed by atoms with Crippen LogP contribution in [0.4, 0.5) is 9.59 Å². The van der Waals surface area contributed by atoms with Gasteiger partial charge in [-0.1, -0.05) is 0 Å². The highest BCUT2D eigenvalue weighted by Gasteiger charge is 2.43. The topological polar surface area (TPSA) is 88.6 Å². The molecule has 0 unspecified atom stereocenters. The lowest BCUT2D eigenvalue weighted by Gasteiger charge is -2.33. The van der Waals surface area contributed by atoms with Crippen LogP contribution in [0.5, 0.6) is 0 Å². The molecule has 150 valence electrons. The van der Waals surface area contributed by atoms with E-state index in [9.17, 15) is 14.4 Å². The van der Waals surface area contributed by atoms with Gasteiger partial charge >= 0.3 is 12.2 Å². The summed E-state index contributed by atoms with van der Waals surface area (Å²) in [5.74, 6) is -0.374. The first-order valence-corrected chi connectivity index (χ1v) is 8.55. The molecule has 0 aromatic rings. The number of ether oxygens (including phenoxy) is 2. The van der Waals surface area contributed by atoms with Crippen LogP contribution in [0.1, 0.15) is 48.0 Å². The van der Waals surface area contributed by atoms with Crippen LogP contribution < -0.4 is 0 Å². The van der Waals surface area contributed by atoms with Crippen molar-refractivity contribution in [2.75, 3.05) is 27.2 Å². The molecule has 0 saturated carbocycles. The lowest BCUT2D eigenvalue weighted by Crippen LogP contribution is -2.49. The van der Waals surface area contributed by atoms with E-state index < -0.39 is 29.6 Å². The van der Waals surface area contributed by atoms with Crippen molar-refractivity contribution in [3.8, 4) is 0 Å². The highest BCUT2D eigenvalue weighted by Crippen LogP contribution is 2.24. The molecule has 0 aromatic carbocycles. The van der Waals surface area contributed by atoms with Crippen molar-refractivity contribution in [1.82, 2.24) is 14.9 Å². The summed E-state index contributed by atoms with van der Waals surface area (Å²) in [6, 6.07) is 0. The highest BCUT2D eigenvalue weighted by atomic mass is 16.7. The Bertz CT molecular complexity index is 502. The maximum Gasteiger partial charge on any atom is 0.412 e. The number of hydrogen-bond acceptors (Lipinski definition) is 6. The van der Waals surface area contributed by atoms with E-state index in [0.29, 0.717) is 0 Å². The van der Waals surface area contributed by atoms with Gasteiger partial charge in [0.05, 0.1) is 13.5 Å². The molecule has 0 aliphatic carbocycles. The first kappa shape index (κ1) is 22.0. The second-order valence-corrected chi connectivity index (χ2v) is 8.11. The van der Waals surface area contributed by atoms with Crippen LogP contribution in [0.3, 0.4) is 0 Å². The monoisotopic (exact) mass is 373 g/mol. The average molecular weight is 373 g/mol. The zero-order chi connectivity index (χ0) is 20.3. The molecule has 1 saturated heterocycles. The first-order chi connectivity index (χ1) is 11.7. The molecular weight excluding hydrogens is 342 g/mol. The molecule has 0 N–H and O–H groups in total. The zero-order valence-corrected chi connectivity index (χ0v) is 17.0. The predicted molar refractivity (Wildman–Crippen MR) is 94.1 cm³/mol. The minimum absolute atomic E-state index is 0.122. The number of hydroxylamine groups is 2. The third-order valence-corrected chi connectivity index (χ3v) is 3.54. The van der Waals surface area contributed by atoms with Crippen molar-refractivity contribution < 1.29 is 28.7 Å². The van der Waals surface area contributed by atoms with Gasteiger partial charge in [-0.3, -0.25) is 19.4 Å². The summed E-state index contributed by atoms with van der Waals surface area (Å²) < 4.78 is 10.8. The van der Waals surface area contributed by atoms with Gasteiger partial charge in [0.2, 0.25) is 5.91 Å². The van der Waals surface area contributed by atoms with Crippen molar-refractivity contribution in [3.05, 3.63) is 0 Å². The van der Waals surface area contributed by atoms with E-state index in [4.69, 9.17) is 14.3 Å². The second-order valence-electron chi connectivity index (χ2n) is 8.11. The van der Waals surface area contributed by atoms with Gasteiger partial charge in [0.15, 0.2) is 0 Å². The Kier molecular flexibility index (Phi) is 6.87. The molecule has 1 rings (SSSR count). The van der Waals surface area contributed by atoms with Crippen molar-refractivity contribution >= 4 is 18.1 Å².